The van der Waals surface area contributed by atoms with Crippen molar-refractivity contribution >= 4 is 11.8 Å². The first-order valence-electron chi connectivity index (χ1n) is 7.94. The van der Waals surface area contributed by atoms with Crippen molar-refractivity contribution in [2.24, 2.45) is 0 Å². The number of carbonyl (C=O) groups is 2. The molecule has 0 aromatic carbocycles. The largest absolute Gasteiger partial charge is 0.459 e. The molecule has 0 radical (unpaired) electrons. The van der Waals surface area contributed by atoms with E-state index in [0.717, 1.165) is 18.4 Å². The fourth-order valence-corrected chi connectivity index (χ4v) is 2.76. The van der Waals surface area contributed by atoms with Crippen molar-refractivity contribution in [3.8, 4) is 0 Å². The van der Waals surface area contributed by atoms with Crippen molar-refractivity contribution in [1.29, 1.82) is 0 Å². The number of rotatable bonds is 4. The molecule has 1 unspecified atom stereocenters. The Morgan fingerprint density at radius 2 is 1.95 bits per heavy atom. The van der Waals surface area contributed by atoms with Crippen LogP contribution in [0.25, 0.3) is 0 Å². The van der Waals surface area contributed by atoms with Crippen LogP contribution in [0.2, 0.25) is 0 Å². The molecule has 0 bridgehead atoms. The predicted octanol–water partition coefficient (Wildman–Crippen LogP) is 1.01. The minimum Gasteiger partial charge on any atom is -0.459 e. The van der Waals surface area contributed by atoms with E-state index in [1.54, 1.807) is 17.2 Å². The molecule has 1 aliphatic carbocycles. The van der Waals surface area contributed by atoms with Crippen LogP contribution in [0, 0.1) is 6.92 Å². The summed E-state index contributed by atoms with van der Waals surface area (Å²) in [5.41, 5.74) is 0.865. The van der Waals surface area contributed by atoms with Crippen molar-refractivity contribution in [3.05, 3.63) is 23.7 Å². The first kappa shape index (κ1) is 15.1. The molecule has 3 rings (SSSR count). The van der Waals surface area contributed by atoms with E-state index >= 15 is 0 Å². The van der Waals surface area contributed by atoms with E-state index in [0.29, 0.717) is 38.0 Å². The molecular weight excluding hydrogens is 282 g/mol. The molecule has 1 aromatic rings. The smallest absolute Gasteiger partial charge is 0.289 e. The van der Waals surface area contributed by atoms with Gasteiger partial charge in [0.15, 0.2) is 5.76 Å². The molecule has 22 heavy (non-hydrogen) atoms. The molecule has 2 aliphatic rings. The molecule has 6 nitrogen and oxygen atoms in total. The average Bonchev–Trinajstić information content (AvgIpc) is 3.24. The fraction of sp³-hybridized carbons (Fsp3) is 0.625. The molecule has 120 valence electrons. The maximum Gasteiger partial charge on any atom is 0.289 e. The number of nitrogens with one attached hydrogen (secondary N) is 1. The van der Waals surface area contributed by atoms with Crippen LogP contribution < -0.4 is 5.32 Å². The number of furan rings is 1. The predicted molar refractivity (Wildman–Crippen MR) is 81.5 cm³/mol. The van der Waals surface area contributed by atoms with Gasteiger partial charge in [-0.2, -0.15) is 0 Å². The quantitative estimate of drug-likeness (QED) is 0.902. The molecule has 1 aromatic heterocycles. The van der Waals surface area contributed by atoms with E-state index in [2.05, 4.69) is 10.2 Å². The van der Waals surface area contributed by atoms with Crippen molar-refractivity contribution in [3.63, 3.8) is 0 Å². The van der Waals surface area contributed by atoms with Crippen molar-refractivity contribution < 1.29 is 14.0 Å². The van der Waals surface area contributed by atoms with Gasteiger partial charge in [0.05, 0.1) is 12.3 Å². The van der Waals surface area contributed by atoms with E-state index in [4.69, 9.17) is 4.42 Å². The summed E-state index contributed by atoms with van der Waals surface area (Å²) in [6.07, 6.45) is 3.75. The van der Waals surface area contributed by atoms with E-state index in [9.17, 15) is 9.59 Å². The molecular formula is C16H23N3O3. The van der Waals surface area contributed by atoms with E-state index < -0.39 is 0 Å². The Hall–Kier alpha value is -1.82. The fourth-order valence-electron chi connectivity index (χ4n) is 2.76. The minimum atomic E-state index is -0.136. The lowest BCUT2D eigenvalue weighted by molar-refractivity contribution is -0.126. The van der Waals surface area contributed by atoms with Gasteiger partial charge < -0.3 is 14.6 Å². The molecule has 1 saturated heterocycles. The Morgan fingerprint density at radius 3 is 2.50 bits per heavy atom. The number of piperazine rings is 1. The van der Waals surface area contributed by atoms with Crippen LogP contribution >= 0.6 is 0 Å². The highest BCUT2D eigenvalue weighted by atomic mass is 16.3. The monoisotopic (exact) mass is 305 g/mol. The van der Waals surface area contributed by atoms with Gasteiger partial charge in [-0.3, -0.25) is 14.5 Å². The van der Waals surface area contributed by atoms with Gasteiger partial charge in [0.25, 0.3) is 5.91 Å². The molecule has 2 fully saturated rings. The van der Waals surface area contributed by atoms with Gasteiger partial charge >= 0.3 is 0 Å². The van der Waals surface area contributed by atoms with Crippen LogP contribution in [-0.4, -0.2) is 59.9 Å². The summed E-state index contributed by atoms with van der Waals surface area (Å²) < 4.78 is 5.27. The Labute approximate surface area is 130 Å². The Morgan fingerprint density at radius 1 is 1.27 bits per heavy atom. The first-order valence-corrected chi connectivity index (χ1v) is 7.94. The third kappa shape index (κ3) is 3.16. The van der Waals surface area contributed by atoms with E-state index in [1.165, 1.54) is 0 Å². The summed E-state index contributed by atoms with van der Waals surface area (Å²) in [6, 6.07) is 2.05. The molecule has 1 aliphatic heterocycles. The number of hydrogen-bond acceptors (Lipinski definition) is 4. The second-order valence-electron chi connectivity index (χ2n) is 6.22. The standard InChI is InChI=1S/C16H23N3O3/c1-11-5-10-22-14(11)16(21)19-8-6-18(7-9-19)12(2)15(20)17-13-3-4-13/h5,10,12-13H,3-4,6-9H2,1-2H3,(H,17,20). The van der Waals surface area contributed by atoms with E-state index in [-0.39, 0.29) is 17.9 Å². The number of amides is 2. The molecule has 1 N–H and O–H groups in total. The van der Waals surface area contributed by atoms with Crippen LogP contribution in [0.5, 0.6) is 0 Å². The molecule has 2 amide bonds. The summed E-state index contributed by atoms with van der Waals surface area (Å²) in [7, 11) is 0. The highest BCUT2D eigenvalue weighted by Crippen LogP contribution is 2.19. The normalized spacial score (nSPS) is 20.7. The summed E-state index contributed by atoms with van der Waals surface area (Å²) in [4.78, 5) is 28.4. The lowest BCUT2D eigenvalue weighted by Crippen LogP contribution is -2.55. The van der Waals surface area contributed by atoms with Crippen molar-refractivity contribution in [1.82, 2.24) is 15.1 Å². The molecule has 1 saturated carbocycles. The van der Waals surface area contributed by atoms with Crippen LogP contribution in [0.4, 0.5) is 0 Å². The zero-order valence-corrected chi connectivity index (χ0v) is 13.2. The summed E-state index contributed by atoms with van der Waals surface area (Å²) in [5, 5.41) is 3.04. The summed E-state index contributed by atoms with van der Waals surface area (Å²) in [6.45, 7) is 6.48. The van der Waals surface area contributed by atoms with Gasteiger partial charge in [-0.1, -0.05) is 0 Å². The van der Waals surface area contributed by atoms with Gasteiger partial charge in [0.2, 0.25) is 5.91 Å². The Balaban J connectivity index is 1.52. The topological polar surface area (TPSA) is 65.8 Å². The zero-order chi connectivity index (χ0) is 15.7. The van der Waals surface area contributed by atoms with Gasteiger partial charge in [0, 0.05) is 37.8 Å². The first-order chi connectivity index (χ1) is 10.6. The molecule has 6 heteroatoms. The highest BCUT2D eigenvalue weighted by molar-refractivity contribution is 5.93. The van der Waals surface area contributed by atoms with Gasteiger partial charge in [0.1, 0.15) is 0 Å². The molecule has 2 heterocycles. The second-order valence-corrected chi connectivity index (χ2v) is 6.22. The lowest BCUT2D eigenvalue weighted by atomic mass is 10.2. The lowest BCUT2D eigenvalue weighted by Gasteiger charge is -2.37. The Bertz CT molecular complexity index is 557. The maximum absolute atomic E-state index is 12.4. The SMILES string of the molecule is Cc1ccoc1C(=O)N1CCN(C(C)C(=O)NC2CC2)CC1. The number of hydrogen-bond donors (Lipinski definition) is 1. The minimum absolute atomic E-state index is 0.0581. The number of nitrogens with zero attached hydrogens (tertiary/aromatic N) is 2. The number of aryl methyl sites for hydroxylation is 1. The summed E-state index contributed by atoms with van der Waals surface area (Å²) in [5.74, 6) is 0.467. The van der Waals surface area contributed by atoms with Crippen LogP contribution in [0.3, 0.4) is 0 Å². The van der Waals surface area contributed by atoms with Crippen LogP contribution in [0.1, 0.15) is 35.9 Å². The van der Waals surface area contributed by atoms with Gasteiger partial charge in [-0.25, -0.2) is 0 Å². The molecule has 1 atom stereocenters. The maximum atomic E-state index is 12.4. The number of carbonyl (C=O) groups excluding carboxylic acids is 2. The second kappa shape index (κ2) is 6.12. The zero-order valence-electron chi connectivity index (χ0n) is 13.2. The third-order valence-electron chi connectivity index (χ3n) is 4.51. The highest BCUT2D eigenvalue weighted by Gasteiger charge is 2.31. The van der Waals surface area contributed by atoms with Gasteiger partial charge in [-0.05, 0) is 32.8 Å². The summed E-state index contributed by atoms with van der Waals surface area (Å²) >= 11 is 0. The van der Waals surface area contributed by atoms with Crippen molar-refractivity contribution in [2.75, 3.05) is 26.2 Å². The average molecular weight is 305 g/mol. The molecule has 0 spiro atoms. The Kier molecular flexibility index (Phi) is 4.20. The third-order valence-corrected chi connectivity index (χ3v) is 4.51. The van der Waals surface area contributed by atoms with E-state index in [1.807, 2.05) is 13.8 Å². The van der Waals surface area contributed by atoms with Crippen molar-refractivity contribution in [2.45, 2.75) is 38.8 Å². The van der Waals surface area contributed by atoms with Gasteiger partial charge in [-0.15, -0.1) is 0 Å². The van der Waals surface area contributed by atoms with Crippen LogP contribution in [-0.2, 0) is 4.79 Å². The van der Waals surface area contributed by atoms with Crippen LogP contribution in [0.15, 0.2) is 16.7 Å².